The Kier molecular flexibility index (Phi) is 3.67. The fourth-order valence-electron chi connectivity index (χ4n) is 1.89. The van der Waals surface area contributed by atoms with E-state index in [1.807, 2.05) is 0 Å². The molecule has 0 aliphatic carbocycles. The zero-order chi connectivity index (χ0) is 12.5. The predicted octanol–water partition coefficient (Wildman–Crippen LogP) is 2.77. The predicted molar refractivity (Wildman–Crippen MR) is 61.1 cm³/mol. The van der Waals surface area contributed by atoms with Gasteiger partial charge in [0.1, 0.15) is 6.04 Å². The average Bonchev–Trinajstić information content (AvgIpc) is 2.52. The highest BCUT2D eigenvalue weighted by molar-refractivity contribution is 9.10. The maximum absolute atomic E-state index is 12.9. The van der Waals surface area contributed by atoms with Crippen molar-refractivity contribution in [3.63, 3.8) is 0 Å². The fourth-order valence-corrected chi connectivity index (χ4v) is 2.19. The second-order valence-corrected chi connectivity index (χ2v) is 4.67. The number of nitrogens with zero attached hydrogens (tertiary/aromatic N) is 1. The minimum Gasteiger partial charge on any atom is -0.434 e. The molecule has 1 atom stereocenters. The van der Waals surface area contributed by atoms with Gasteiger partial charge in [-0.25, -0.2) is 0 Å². The molecule has 2 heterocycles. The molecule has 0 saturated carbocycles. The summed E-state index contributed by atoms with van der Waals surface area (Å²) in [7, 11) is 0. The number of furan rings is 1. The van der Waals surface area contributed by atoms with Crippen molar-refractivity contribution < 1.29 is 17.6 Å². The summed E-state index contributed by atoms with van der Waals surface area (Å²) in [4.78, 5) is 1.27. The van der Waals surface area contributed by atoms with E-state index in [1.54, 1.807) is 12.1 Å². The van der Waals surface area contributed by atoms with Crippen LogP contribution in [0, 0.1) is 0 Å². The van der Waals surface area contributed by atoms with E-state index in [1.165, 1.54) is 4.90 Å². The van der Waals surface area contributed by atoms with Crippen molar-refractivity contribution in [2.75, 3.05) is 24.5 Å². The molecule has 1 saturated heterocycles. The molecule has 2 rings (SSSR count). The molecule has 1 aliphatic rings. The highest BCUT2D eigenvalue weighted by Gasteiger charge is 2.44. The summed E-state index contributed by atoms with van der Waals surface area (Å²) < 4.78 is 44.4. The molecule has 1 aliphatic heterocycles. The third-order valence-corrected chi connectivity index (χ3v) is 3.11. The molecule has 1 unspecified atom stereocenters. The zero-order valence-electron chi connectivity index (χ0n) is 8.93. The van der Waals surface area contributed by atoms with Crippen LogP contribution in [0.4, 0.5) is 19.1 Å². The molecule has 0 bridgehead atoms. The number of hydrogen-bond donors (Lipinski definition) is 1. The maximum atomic E-state index is 12.9. The summed E-state index contributed by atoms with van der Waals surface area (Å²) in [5.74, 6) is 0.253. The van der Waals surface area contributed by atoms with Gasteiger partial charge in [0, 0.05) is 19.2 Å². The van der Waals surface area contributed by atoms with Crippen LogP contribution < -0.4 is 10.2 Å². The summed E-state index contributed by atoms with van der Waals surface area (Å²) >= 11 is 3.10. The molecule has 96 valence electrons. The van der Waals surface area contributed by atoms with Crippen molar-refractivity contribution in [2.45, 2.75) is 18.6 Å². The van der Waals surface area contributed by atoms with Gasteiger partial charge in [-0.15, -0.1) is 0 Å². The van der Waals surface area contributed by atoms with Gasteiger partial charge in [-0.05, 0) is 35.0 Å². The third-order valence-electron chi connectivity index (χ3n) is 2.69. The highest BCUT2D eigenvalue weighted by Crippen LogP contribution is 2.31. The molecule has 1 aromatic heterocycles. The van der Waals surface area contributed by atoms with Crippen LogP contribution in [0.2, 0.25) is 0 Å². The van der Waals surface area contributed by atoms with E-state index in [-0.39, 0.29) is 12.4 Å². The van der Waals surface area contributed by atoms with Gasteiger partial charge in [0.05, 0.1) is 0 Å². The Morgan fingerprint density at radius 1 is 1.41 bits per heavy atom. The van der Waals surface area contributed by atoms with Crippen LogP contribution in [0.1, 0.15) is 6.42 Å². The fraction of sp³-hybridized carbons (Fsp3) is 0.600. The number of halogens is 4. The van der Waals surface area contributed by atoms with Crippen molar-refractivity contribution in [3.8, 4) is 0 Å². The molecule has 0 amide bonds. The number of hydrogen-bond acceptors (Lipinski definition) is 3. The van der Waals surface area contributed by atoms with E-state index in [0.29, 0.717) is 24.2 Å². The van der Waals surface area contributed by atoms with Crippen LogP contribution in [-0.2, 0) is 0 Å². The molecular formula is C10H12BrF3N2O. The van der Waals surface area contributed by atoms with Crippen LogP contribution >= 0.6 is 15.9 Å². The van der Waals surface area contributed by atoms with E-state index >= 15 is 0 Å². The first-order chi connectivity index (χ1) is 7.98. The lowest BCUT2D eigenvalue weighted by molar-refractivity contribution is -0.147. The van der Waals surface area contributed by atoms with E-state index in [9.17, 15) is 13.2 Å². The van der Waals surface area contributed by atoms with E-state index in [4.69, 9.17) is 4.42 Å². The second-order valence-electron chi connectivity index (χ2n) is 3.89. The Morgan fingerprint density at radius 3 is 2.76 bits per heavy atom. The lowest BCUT2D eigenvalue weighted by Crippen LogP contribution is -2.49. The molecular weight excluding hydrogens is 301 g/mol. The van der Waals surface area contributed by atoms with Gasteiger partial charge >= 0.3 is 6.18 Å². The van der Waals surface area contributed by atoms with Gasteiger partial charge in [-0.3, -0.25) is 0 Å². The Bertz CT molecular complexity index is 380. The maximum Gasteiger partial charge on any atom is 0.410 e. The van der Waals surface area contributed by atoms with Gasteiger partial charge in [0.15, 0.2) is 10.6 Å². The van der Waals surface area contributed by atoms with Crippen molar-refractivity contribution in [1.82, 2.24) is 5.32 Å². The van der Waals surface area contributed by atoms with Gasteiger partial charge in [0.2, 0.25) is 0 Å². The standard InChI is InChI=1S/C10H12BrF3N2O/c11-8-2-3-9(17-8)16-5-1-4-15-6-7(16)10(12,13)14/h2-3,7,15H,1,4-6H2. The van der Waals surface area contributed by atoms with Crippen LogP contribution in [0.15, 0.2) is 21.2 Å². The topological polar surface area (TPSA) is 28.4 Å². The minimum atomic E-state index is -4.27. The normalized spacial score (nSPS) is 22.6. The minimum absolute atomic E-state index is 0.109. The third kappa shape index (κ3) is 2.95. The molecule has 7 heteroatoms. The molecule has 1 aromatic rings. The average molecular weight is 313 g/mol. The van der Waals surface area contributed by atoms with Gasteiger partial charge in [-0.1, -0.05) is 0 Å². The second kappa shape index (κ2) is 4.89. The molecule has 17 heavy (non-hydrogen) atoms. The number of anilines is 1. The molecule has 1 fully saturated rings. The molecule has 3 nitrogen and oxygen atoms in total. The first kappa shape index (κ1) is 12.8. The quantitative estimate of drug-likeness (QED) is 0.864. The zero-order valence-corrected chi connectivity index (χ0v) is 10.5. The Labute approximate surface area is 105 Å². The van der Waals surface area contributed by atoms with E-state index < -0.39 is 12.2 Å². The van der Waals surface area contributed by atoms with Gasteiger partial charge < -0.3 is 14.6 Å². The van der Waals surface area contributed by atoms with Crippen LogP contribution in [0.5, 0.6) is 0 Å². The van der Waals surface area contributed by atoms with Crippen LogP contribution in [0.25, 0.3) is 0 Å². The summed E-state index contributed by atoms with van der Waals surface area (Å²) in [5.41, 5.74) is 0. The highest BCUT2D eigenvalue weighted by atomic mass is 79.9. The molecule has 0 spiro atoms. The Hall–Kier alpha value is -0.690. The lowest BCUT2D eigenvalue weighted by Gasteiger charge is -2.30. The largest absolute Gasteiger partial charge is 0.434 e. The lowest BCUT2D eigenvalue weighted by atomic mass is 10.2. The number of rotatable bonds is 1. The van der Waals surface area contributed by atoms with Crippen molar-refractivity contribution in [2.24, 2.45) is 0 Å². The molecule has 0 aromatic carbocycles. The Morgan fingerprint density at radius 2 is 2.18 bits per heavy atom. The molecule has 1 N–H and O–H groups in total. The number of nitrogens with one attached hydrogen (secondary N) is 1. The van der Waals surface area contributed by atoms with Gasteiger partial charge in [0.25, 0.3) is 0 Å². The molecule has 0 radical (unpaired) electrons. The number of alkyl halides is 3. The smallest absolute Gasteiger partial charge is 0.410 e. The first-order valence-electron chi connectivity index (χ1n) is 5.28. The van der Waals surface area contributed by atoms with Crippen LogP contribution in [0.3, 0.4) is 0 Å². The SMILES string of the molecule is FC(F)(F)C1CNCCCN1c1ccc(Br)o1. The summed E-state index contributed by atoms with van der Waals surface area (Å²) in [6.45, 7) is 0.809. The summed E-state index contributed by atoms with van der Waals surface area (Å²) in [6, 6.07) is 1.61. The van der Waals surface area contributed by atoms with E-state index in [0.717, 1.165) is 0 Å². The van der Waals surface area contributed by atoms with E-state index in [2.05, 4.69) is 21.2 Å². The summed E-state index contributed by atoms with van der Waals surface area (Å²) in [5, 5.41) is 2.80. The Balaban J connectivity index is 2.26. The van der Waals surface area contributed by atoms with Crippen LogP contribution in [-0.4, -0.2) is 31.9 Å². The van der Waals surface area contributed by atoms with Crippen molar-refractivity contribution >= 4 is 21.8 Å². The summed E-state index contributed by atoms with van der Waals surface area (Å²) in [6.07, 6.45) is -3.61. The van der Waals surface area contributed by atoms with Crippen molar-refractivity contribution in [3.05, 3.63) is 16.8 Å². The van der Waals surface area contributed by atoms with Gasteiger partial charge in [-0.2, -0.15) is 13.2 Å². The first-order valence-corrected chi connectivity index (χ1v) is 6.07. The van der Waals surface area contributed by atoms with Crippen molar-refractivity contribution in [1.29, 1.82) is 0 Å². The monoisotopic (exact) mass is 312 g/mol.